The van der Waals surface area contributed by atoms with Crippen LogP contribution in [0.1, 0.15) is 28.1 Å². The number of fused-ring (bicyclic) bond motifs is 1. The van der Waals surface area contributed by atoms with Gasteiger partial charge in [0.15, 0.2) is 11.5 Å². The maximum absolute atomic E-state index is 13.1. The molecule has 0 bridgehead atoms. The molecule has 0 radical (unpaired) electrons. The van der Waals surface area contributed by atoms with Gasteiger partial charge < -0.3 is 14.0 Å². The number of nitrogens with zero attached hydrogens (tertiary/aromatic N) is 2. The summed E-state index contributed by atoms with van der Waals surface area (Å²) in [6, 6.07) is 11.7. The topological polar surface area (TPSA) is 60.8 Å². The molecule has 0 atom stereocenters. The lowest BCUT2D eigenvalue weighted by atomic mass is 10.1. The van der Waals surface area contributed by atoms with Crippen LogP contribution in [0.4, 0.5) is 4.79 Å². The fraction of sp³-hybridized carbons (Fsp3) is 0.200. The molecule has 2 amide bonds. The molecule has 0 aliphatic carbocycles. The minimum atomic E-state index is -0.335. The Morgan fingerprint density at radius 1 is 1.09 bits per heavy atom. The number of aromatic nitrogens is 1. The van der Waals surface area contributed by atoms with E-state index >= 15 is 0 Å². The molecule has 0 saturated carbocycles. The molecule has 1 saturated heterocycles. The van der Waals surface area contributed by atoms with Crippen LogP contribution in [-0.4, -0.2) is 27.4 Å². The zero-order chi connectivity index (χ0) is 24.1. The molecule has 174 valence electrons. The van der Waals surface area contributed by atoms with Gasteiger partial charge in [0.1, 0.15) is 0 Å². The second-order valence-electron chi connectivity index (χ2n) is 8.16. The van der Waals surface area contributed by atoms with Crippen LogP contribution < -0.4 is 9.47 Å². The lowest BCUT2D eigenvalue weighted by molar-refractivity contribution is -0.123. The summed E-state index contributed by atoms with van der Waals surface area (Å²) < 4.78 is 14.1. The van der Waals surface area contributed by atoms with E-state index in [1.165, 1.54) is 14.0 Å². The van der Waals surface area contributed by atoms with Crippen molar-refractivity contribution >= 4 is 63.2 Å². The number of carbonyl (C=O) groups is 2. The Labute approximate surface area is 220 Å². The molecule has 34 heavy (non-hydrogen) atoms. The standard InChI is InChI=1S/C25H20ClIN2O4S/c1-13-6-18(4-5-20(13)27)29-14(2)7-16(15(29)3)9-23-24(30)28(25(31)34-23)11-17-8-21-22(10-19(17)26)33-12-32-21/h4-10H,11-12H2,1-3H3/b23-9-. The van der Waals surface area contributed by atoms with Crippen molar-refractivity contribution in [2.45, 2.75) is 27.3 Å². The number of aryl methyl sites for hydroxylation is 2. The lowest BCUT2D eigenvalue weighted by Crippen LogP contribution is -2.27. The van der Waals surface area contributed by atoms with Crippen LogP contribution in [0.25, 0.3) is 11.8 Å². The van der Waals surface area contributed by atoms with Crippen LogP contribution in [-0.2, 0) is 11.3 Å². The summed E-state index contributed by atoms with van der Waals surface area (Å²) in [5.41, 5.74) is 5.86. The predicted molar refractivity (Wildman–Crippen MR) is 142 cm³/mol. The molecule has 2 aliphatic rings. The summed E-state index contributed by atoms with van der Waals surface area (Å²) in [6.45, 7) is 6.33. The Hall–Kier alpha value is -2.43. The largest absolute Gasteiger partial charge is 0.454 e. The summed E-state index contributed by atoms with van der Waals surface area (Å²) in [6.07, 6.45) is 1.80. The van der Waals surface area contributed by atoms with Crippen molar-refractivity contribution in [2.75, 3.05) is 6.79 Å². The van der Waals surface area contributed by atoms with E-state index in [9.17, 15) is 9.59 Å². The molecule has 2 aliphatic heterocycles. The lowest BCUT2D eigenvalue weighted by Gasteiger charge is -2.14. The van der Waals surface area contributed by atoms with Crippen LogP contribution in [0.5, 0.6) is 11.5 Å². The number of hydrogen-bond acceptors (Lipinski definition) is 5. The molecular formula is C25H20ClIN2O4S. The first kappa shape index (κ1) is 23.3. The van der Waals surface area contributed by atoms with Crippen molar-refractivity contribution in [1.82, 2.24) is 9.47 Å². The van der Waals surface area contributed by atoms with Crippen LogP contribution in [0.3, 0.4) is 0 Å². The quantitative estimate of drug-likeness (QED) is 0.247. The highest BCUT2D eigenvalue weighted by atomic mass is 127. The monoisotopic (exact) mass is 606 g/mol. The maximum atomic E-state index is 13.1. The molecule has 9 heteroatoms. The SMILES string of the molecule is Cc1cc(-n2c(C)cc(/C=C3\SC(=O)N(Cc4cc5c(cc4Cl)OCO5)C3=O)c2C)ccc1I. The maximum Gasteiger partial charge on any atom is 0.293 e. The first-order valence-electron chi connectivity index (χ1n) is 10.5. The highest BCUT2D eigenvalue weighted by Gasteiger charge is 2.36. The van der Waals surface area contributed by atoms with Gasteiger partial charge in [-0.3, -0.25) is 14.5 Å². The van der Waals surface area contributed by atoms with Crippen LogP contribution in [0, 0.1) is 24.3 Å². The Morgan fingerprint density at radius 3 is 2.56 bits per heavy atom. The molecule has 3 heterocycles. The van der Waals surface area contributed by atoms with Crippen LogP contribution in [0.2, 0.25) is 5.02 Å². The minimum Gasteiger partial charge on any atom is -0.454 e. The number of rotatable bonds is 4. The van der Waals surface area contributed by atoms with Gasteiger partial charge >= 0.3 is 0 Å². The van der Waals surface area contributed by atoms with Crippen LogP contribution in [0.15, 0.2) is 41.3 Å². The van der Waals surface area contributed by atoms with E-state index in [1.54, 1.807) is 18.2 Å². The van der Waals surface area contributed by atoms with E-state index in [-0.39, 0.29) is 24.5 Å². The summed E-state index contributed by atoms with van der Waals surface area (Å²) in [5, 5.41) is 0.0932. The average Bonchev–Trinajstić information content (AvgIpc) is 3.43. The first-order valence-corrected chi connectivity index (χ1v) is 12.8. The summed E-state index contributed by atoms with van der Waals surface area (Å²) in [5.74, 6) is 0.778. The molecule has 0 spiro atoms. The highest BCUT2D eigenvalue weighted by Crippen LogP contribution is 2.39. The fourth-order valence-electron chi connectivity index (χ4n) is 4.13. The van der Waals surface area contributed by atoms with E-state index in [2.05, 4.69) is 52.3 Å². The highest BCUT2D eigenvalue weighted by molar-refractivity contribution is 14.1. The third-order valence-electron chi connectivity index (χ3n) is 5.90. The van der Waals surface area contributed by atoms with E-state index in [0.717, 1.165) is 34.4 Å². The van der Waals surface area contributed by atoms with E-state index in [0.29, 0.717) is 27.0 Å². The molecule has 2 aromatic carbocycles. The van der Waals surface area contributed by atoms with Gasteiger partial charge in [-0.05, 0) is 108 Å². The van der Waals surface area contributed by atoms with Gasteiger partial charge in [-0.25, -0.2) is 0 Å². The number of benzene rings is 2. The fourth-order valence-corrected chi connectivity index (χ4v) is 5.51. The van der Waals surface area contributed by atoms with Crippen molar-refractivity contribution in [2.24, 2.45) is 0 Å². The zero-order valence-corrected chi connectivity index (χ0v) is 22.4. The normalized spacial score (nSPS) is 16.3. The molecule has 1 aromatic heterocycles. The number of amides is 2. The number of imide groups is 1. The second-order valence-corrected chi connectivity index (χ2v) is 10.7. The van der Waals surface area contributed by atoms with Gasteiger partial charge in [0.05, 0.1) is 11.4 Å². The molecule has 0 unspecified atom stereocenters. The van der Waals surface area contributed by atoms with Gasteiger partial charge in [0.25, 0.3) is 11.1 Å². The molecule has 3 aromatic rings. The Morgan fingerprint density at radius 2 is 1.82 bits per heavy atom. The number of hydrogen-bond donors (Lipinski definition) is 0. The second kappa shape index (κ2) is 8.98. The van der Waals surface area contributed by atoms with Gasteiger partial charge in [0.2, 0.25) is 6.79 Å². The Bertz CT molecular complexity index is 1400. The summed E-state index contributed by atoms with van der Waals surface area (Å²) in [4.78, 5) is 27.4. The van der Waals surface area contributed by atoms with E-state index in [4.69, 9.17) is 21.1 Å². The Balaban J connectivity index is 1.43. The number of thioether (sulfide) groups is 1. The van der Waals surface area contributed by atoms with Crippen molar-refractivity contribution in [1.29, 1.82) is 0 Å². The number of halogens is 2. The van der Waals surface area contributed by atoms with Crippen molar-refractivity contribution in [3.8, 4) is 17.2 Å². The van der Waals surface area contributed by atoms with Crippen molar-refractivity contribution < 1.29 is 19.1 Å². The third kappa shape index (κ3) is 4.12. The van der Waals surface area contributed by atoms with Gasteiger partial charge in [-0.2, -0.15) is 0 Å². The number of carbonyl (C=O) groups excluding carboxylic acids is 2. The molecule has 6 nitrogen and oxygen atoms in total. The zero-order valence-electron chi connectivity index (χ0n) is 18.6. The predicted octanol–water partition coefficient (Wildman–Crippen LogP) is 6.63. The van der Waals surface area contributed by atoms with Gasteiger partial charge in [-0.15, -0.1) is 0 Å². The first-order chi connectivity index (χ1) is 16.2. The minimum absolute atomic E-state index is 0.0679. The third-order valence-corrected chi connectivity index (χ3v) is 8.37. The van der Waals surface area contributed by atoms with Crippen LogP contribution >= 0.6 is 46.0 Å². The van der Waals surface area contributed by atoms with Gasteiger partial charge in [0, 0.05) is 31.7 Å². The number of ether oxygens (including phenoxy) is 2. The summed E-state index contributed by atoms with van der Waals surface area (Å²) in [7, 11) is 0. The average molecular weight is 607 g/mol. The van der Waals surface area contributed by atoms with Gasteiger partial charge in [-0.1, -0.05) is 11.6 Å². The molecular weight excluding hydrogens is 587 g/mol. The van der Waals surface area contributed by atoms with E-state index in [1.807, 2.05) is 19.9 Å². The molecule has 5 rings (SSSR count). The summed E-state index contributed by atoms with van der Waals surface area (Å²) >= 11 is 9.62. The van der Waals surface area contributed by atoms with Crippen molar-refractivity contribution in [3.63, 3.8) is 0 Å². The molecule has 1 fully saturated rings. The smallest absolute Gasteiger partial charge is 0.293 e. The molecule has 0 N–H and O–H groups in total. The Kier molecular flexibility index (Phi) is 6.16. The van der Waals surface area contributed by atoms with E-state index < -0.39 is 0 Å². The van der Waals surface area contributed by atoms with Crippen molar-refractivity contribution in [3.05, 3.63) is 78.0 Å².